The van der Waals surface area contributed by atoms with Crippen LogP contribution in [0.2, 0.25) is 0 Å². The van der Waals surface area contributed by atoms with E-state index in [-0.39, 0.29) is 0 Å². The molecule has 0 spiro atoms. The molecule has 2 N–H and O–H groups in total. The number of nitrogens with two attached hydrogens (primary N) is 1. The van der Waals surface area contributed by atoms with Crippen LogP contribution in [0.1, 0.15) is 46.0 Å². The van der Waals surface area contributed by atoms with E-state index in [0.717, 1.165) is 24.9 Å². The monoisotopic (exact) mass is 278 g/mol. The average molecular weight is 278 g/mol. The van der Waals surface area contributed by atoms with E-state index in [0.29, 0.717) is 36.1 Å². The Bertz CT molecular complexity index is 340. The Kier molecular flexibility index (Phi) is 4.07. The van der Waals surface area contributed by atoms with Crippen LogP contribution in [0.5, 0.6) is 0 Å². The molecule has 0 aromatic rings. The van der Waals surface area contributed by atoms with Crippen LogP contribution in [0.15, 0.2) is 0 Å². The molecule has 0 saturated heterocycles. The third-order valence-electron chi connectivity index (χ3n) is 6.14. The summed E-state index contributed by atoms with van der Waals surface area (Å²) in [7, 11) is 0. The van der Waals surface area contributed by atoms with Gasteiger partial charge in [0, 0.05) is 19.0 Å². The van der Waals surface area contributed by atoms with Gasteiger partial charge in [0.05, 0.1) is 0 Å². The fourth-order valence-corrected chi connectivity index (χ4v) is 5.36. The van der Waals surface area contributed by atoms with Crippen molar-refractivity contribution in [2.24, 2.45) is 41.2 Å². The van der Waals surface area contributed by atoms with Crippen LogP contribution in [-0.4, -0.2) is 30.4 Å². The van der Waals surface area contributed by atoms with Crippen LogP contribution < -0.4 is 5.73 Å². The maximum Gasteiger partial charge on any atom is 0.226 e. The molecule has 3 nitrogen and oxygen atoms in total. The van der Waals surface area contributed by atoms with Gasteiger partial charge in [-0.25, -0.2) is 0 Å². The largest absolute Gasteiger partial charge is 0.342 e. The van der Waals surface area contributed by atoms with Gasteiger partial charge in [0.15, 0.2) is 0 Å². The normalized spacial score (nSPS) is 39.9. The molecule has 4 fully saturated rings. The molecule has 20 heavy (non-hydrogen) atoms. The van der Waals surface area contributed by atoms with Gasteiger partial charge in [0.2, 0.25) is 5.91 Å². The first-order chi connectivity index (χ1) is 9.62. The molecule has 4 rings (SSSR count). The minimum absolute atomic E-state index is 0.340. The summed E-state index contributed by atoms with van der Waals surface area (Å²) in [6, 6.07) is 0. The molecule has 114 valence electrons. The second-order valence-corrected chi connectivity index (χ2v) is 7.67. The fourth-order valence-electron chi connectivity index (χ4n) is 5.36. The van der Waals surface area contributed by atoms with E-state index in [1.807, 2.05) is 0 Å². The second kappa shape index (κ2) is 5.67. The van der Waals surface area contributed by atoms with E-state index in [2.05, 4.69) is 18.7 Å². The maximum absolute atomic E-state index is 13.0. The standard InChI is InChI=1S/C17H30N2O/c1-3-19(10-11(2)9-18)17(20)16-14-5-12-4-13(7-14)8-15(16)6-12/h11-16H,3-10,18H2,1-2H3. The highest BCUT2D eigenvalue weighted by atomic mass is 16.2. The maximum atomic E-state index is 13.0. The van der Waals surface area contributed by atoms with Crippen molar-refractivity contribution in [2.45, 2.75) is 46.0 Å². The fraction of sp³-hybridized carbons (Fsp3) is 0.941. The minimum atomic E-state index is 0.340. The lowest BCUT2D eigenvalue weighted by Crippen LogP contribution is -2.52. The number of carbonyl (C=O) groups is 1. The summed E-state index contributed by atoms with van der Waals surface area (Å²) in [5, 5.41) is 0. The number of rotatable bonds is 5. The van der Waals surface area contributed by atoms with Gasteiger partial charge in [0.25, 0.3) is 0 Å². The lowest BCUT2D eigenvalue weighted by atomic mass is 9.51. The van der Waals surface area contributed by atoms with Gasteiger partial charge >= 0.3 is 0 Å². The van der Waals surface area contributed by atoms with Crippen LogP contribution in [-0.2, 0) is 4.79 Å². The van der Waals surface area contributed by atoms with E-state index < -0.39 is 0 Å². The third-order valence-corrected chi connectivity index (χ3v) is 6.14. The van der Waals surface area contributed by atoms with E-state index in [4.69, 9.17) is 5.73 Å². The molecule has 4 saturated carbocycles. The van der Waals surface area contributed by atoms with Gasteiger partial charge in [0.1, 0.15) is 0 Å². The number of carbonyl (C=O) groups excluding carboxylic acids is 1. The number of hydrogen-bond donors (Lipinski definition) is 1. The Morgan fingerprint density at radius 3 is 2.15 bits per heavy atom. The number of amides is 1. The van der Waals surface area contributed by atoms with E-state index in [9.17, 15) is 4.79 Å². The van der Waals surface area contributed by atoms with Crippen LogP contribution in [0, 0.1) is 35.5 Å². The third kappa shape index (κ3) is 2.49. The second-order valence-electron chi connectivity index (χ2n) is 7.67. The molecule has 0 radical (unpaired) electrons. The minimum Gasteiger partial charge on any atom is -0.342 e. The molecule has 0 aliphatic heterocycles. The molecule has 1 amide bonds. The van der Waals surface area contributed by atoms with Crippen molar-refractivity contribution in [3.8, 4) is 0 Å². The van der Waals surface area contributed by atoms with Gasteiger partial charge in [-0.05, 0) is 75.2 Å². The van der Waals surface area contributed by atoms with Crippen LogP contribution in [0.25, 0.3) is 0 Å². The van der Waals surface area contributed by atoms with Gasteiger partial charge in [-0.15, -0.1) is 0 Å². The smallest absolute Gasteiger partial charge is 0.226 e. The zero-order valence-electron chi connectivity index (χ0n) is 13.1. The van der Waals surface area contributed by atoms with Crippen molar-refractivity contribution in [1.29, 1.82) is 0 Å². The lowest BCUT2D eigenvalue weighted by molar-refractivity contribution is -0.149. The summed E-state index contributed by atoms with van der Waals surface area (Å²) in [5.74, 6) is 4.48. The Hall–Kier alpha value is -0.570. The summed E-state index contributed by atoms with van der Waals surface area (Å²) in [6.45, 7) is 6.61. The van der Waals surface area contributed by atoms with Crippen LogP contribution >= 0.6 is 0 Å². The van der Waals surface area contributed by atoms with Crippen LogP contribution in [0.3, 0.4) is 0 Å². The van der Waals surface area contributed by atoms with Crippen molar-refractivity contribution >= 4 is 5.91 Å². The Balaban J connectivity index is 1.69. The van der Waals surface area contributed by atoms with Gasteiger partial charge in [-0.3, -0.25) is 4.79 Å². The molecular formula is C17H30N2O. The highest BCUT2D eigenvalue weighted by Crippen LogP contribution is 2.56. The van der Waals surface area contributed by atoms with Crippen LogP contribution in [0.4, 0.5) is 0 Å². The molecule has 4 bridgehead atoms. The average Bonchev–Trinajstić information content (AvgIpc) is 2.43. The Labute approximate surface area is 123 Å². The molecule has 0 aromatic heterocycles. The van der Waals surface area contributed by atoms with Crippen molar-refractivity contribution in [1.82, 2.24) is 4.90 Å². The highest BCUT2D eigenvalue weighted by Gasteiger charge is 2.51. The van der Waals surface area contributed by atoms with Gasteiger partial charge in [-0.1, -0.05) is 6.92 Å². The van der Waals surface area contributed by atoms with Crippen molar-refractivity contribution in [3.63, 3.8) is 0 Å². The summed E-state index contributed by atoms with van der Waals surface area (Å²) < 4.78 is 0. The number of nitrogens with zero attached hydrogens (tertiary/aromatic N) is 1. The van der Waals surface area contributed by atoms with Crippen molar-refractivity contribution < 1.29 is 4.79 Å². The summed E-state index contributed by atoms with van der Waals surface area (Å²) >= 11 is 0. The first-order valence-electron chi connectivity index (χ1n) is 8.61. The zero-order chi connectivity index (χ0) is 14.3. The molecule has 1 atom stereocenters. The molecule has 4 aliphatic rings. The highest BCUT2D eigenvalue weighted by molar-refractivity contribution is 5.80. The molecule has 0 heterocycles. The molecule has 3 heteroatoms. The van der Waals surface area contributed by atoms with Gasteiger partial charge in [-0.2, -0.15) is 0 Å². The zero-order valence-corrected chi connectivity index (χ0v) is 13.1. The van der Waals surface area contributed by atoms with E-state index in [1.54, 1.807) is 0 Å². The van der Waals surface area contributed by atoms with E-state index >= 15 is 0 Å². The summed E-state index contributed by atoms with van der Waals surface area (Å²) in [5.41, 5.74) is 5.73. The molecule has 0 aromatic carbocycles. The topological polar surface area (TPSA) is 46.3 Å². The summed E-state index contributed by atoms with van der Waals surface area (Å²) in [6.07, 6.45) is 6.76. The molecule has 4 aliphatic carbocycles. The molecular weight excluding hydrogens is 248 g/mol. The SMILES string of the molecule is CCN(CC(C)CN)C(=O)C1C2CC3CC(C2)CC1C3. The lowest BCUT2D eigenvalue weighted by Gasteiger charge is -2.54. The Morgan fingerprint density at radius 2 is 1.70 bits per heavy atom. The first kappa shape index (κ1) is 14.4. The molecule has 1 unspecified atom stereocenters. The van der Waals surface area contributed by atoms with Crippen molar-refractivity contribution in [3.05, 3.63) is 0 Å². The Morgan fingerprint density at radius 1 is 1.15 bits per heavy atom. The summed E-state index contributed by atoms with van der Waals surface area (Å²) in [4.78, 5) is 15.1. The predicted octanol–water partition coefficient (Wildman–Crippen LogP) is 2.50. The van der Waals surface area contributed by atoms with Gasteiger partial charge < -0.3 is 10.6 Å². The quantitative estimate of drug-likeness (QED) is 0.840. The number of hydrogen-bond acceptors (Lipinski definition) is 2. The predicted molar refractivity (Wildman–Crippen MR) is 81.0 cm³/mol. The van der Waals surface area contributed by atoms with E-state index in [1.165, 1.54) is 32.1 Å². The van der Waals surface area contributed by atoms with Crippen molar-refractivity contribution in [2.75, 3.05) is 19.6 Å². The first-order valence-corrected chi connectivity index (χ1v) is 8.61.